The molecule has 0 spiro atoms. The van der Waals surface area contributed by atoms with Gasteiger partial charge in [0, 0.05) is 26.2 Å². The van der Waals surface area contributed by atoms with Crippen LogP contribution in [0.4, 0.5) is 0 Å². The van der Waals surface area contributed by atoms with E-state index in [1.165, 1.54) is 0 Å². The van der Waals surface area contributed by atoms with Gasteiger partial charge in [0.05, 0.1) is 12.7 Å². The van der Waals surface area contributed by atoms with Crippen LogP contribution in [0, 0.1) is 0 Å². The third-order valence-electron chi connectivity index (χ3n) is 2.65. The summed E-state index contributed by atoms with van der Waals surface area (Å²) >= 11 is 0. The maximum atomic E-state index is 10.4. The Morgan fingerprint density at radius 3 is 2.80 bits per heavy atom. The fourth-order valence-electron chi connectivity index (χ4n) is 1.68. The Morgan fingerprint density at radius 2 is 2.20 bits per heavy atom. The molecule has 1 fully saturated rings. The lowest BCUT2D eigenvalue weighted by molar-refractivity contribution is 0.108. The Kier molecular flexibility index (Phi) is 3.13. The second kappa shape index (κ2) is 4.55. The molecule has 0 radical (unpaired) electrons. The first-order valence-electron chi connectivity index (χ1n) is 5.09. The molecule has 0 saturated carbocycles. The van der Waals surface area contributed by atoms with E-state index in [0.717, 1.165) is 38.5 Å². The number of nitrogens with zero attached hydrogens (tertiary/aromatic N) is 3. The lowest BCUT2D eigenvalue weighted by Crippen LogP contribution is -2.43. The van der Waals surface area contributed by atoms with E-state index in [0.29, 0.717) is 6.29 Å². The van der Waals surface area contributed by atoms with Crippen LogP contribution in [0.5, 0.6) is 0 Å². The maximum Gasteiger partial charge on any atom is 0.259 e. The molecule has 1 aliphatic heterocycles. The van der Waals surface area contributed by atoms with Crippen LogP contribution in [0.25, 0.3) is 0 Å². The van der Waals surface area contributed by atoms with Crippen LogP contribution in [0.3, 0.4) is 0 Å². The van der Waals surface area contributed by atoms with Gasteiger partial charge in [0.2, 0.25) is 6.29 Å². The first-order chi connectivity index (χ1) is 7.28. The molecule has 0 atom stereocenters. The topological polar surface area (TPSA) is 49.6 Å². The molecule has 0 unspecified atom stereocenters. The smallest absolute Gasteiger partial charge is 0.259 e. The molecule has 0 amide bonds. The van der Waals surface area contributed by atoms with E-state index >= 15 is 0 Å². The van der Waals surface area contributed by atoms with Crippen LogP contribution in [-0.2, 0) is 6.54 Å². The molecule has 15 heavy (non-hydrogen) atoms. The van der Waals surface area contributed by atoms with E-state index in [2.05, 4.69) is 21.8 Å². The fraction of sp³-hybridized carbons (Fsp3) is 0.600. The summed E-state index contributed by atoms with van der Waals surface area (Å²) in [6.45, 7) is 4.97. The predicted octanol–water partition coefficient (Wildman–Crippen LogP) is 0.234. The van der Waals surface area contributed by atoms with Crippen molar-refractivity contribution in [1.82, 2.24) is 14.8 Å². The number of oxazole rings is 1. The summed E-state index contributed by atoms with van der Waals surface area (Å²) in [6.07, 6.45) is 2.26. The average Bonchev–Trinajstić information content (AvgIpc) is 2.69. The van der Waals surface area contributed by atoms with E-state index in [1.807, 2.05) is 0 Å². The van der Waals surface area contributed by atoms with Gasteiger partial charge in [-0.2, -0.15) is 0 Å². The summed E-state index contributed by atoms with van der Waals surface area (Å²) in [5.41, 5.74) is 0. The lowest BCUT2D eigenvalue weighted by Gasteiger charge is -2.31. The van der Waals surface area contributed by atoms with Crippen LogP contribution in [0.2, 0.25) is 0 Å². The fourth-order valence-corrected chi connectivity index (χ4v) is 1.68. The number of hydrogen-bond donors (Lipinski definition) is 0. The van der Waals surface area contributed by atoms with Crippen LogP contribution in [-0.4, -0.2) is 54.3 Å². The average molecular weight is 209 g/mol. The second-order valence-electron chi connectivity index (χ2n) is 3.86. The number of rotatable bonds is 3. The van der Waals surface area contributed by atoms with Gasteiger partial charge >= 0.3 is 0 Å². The van der Waals surface area contributed by atoms with Gasteiger partial charge in [0.25, 0.3) is 5.89 Å². The summed E-state index contributed by atoms with van der Waals surface area (Å²) < 4.78 is 5.23. The van der Waals surface area contributed by atoms with Crippen molar-refractivity contribution >= 4 is 6.29 Å². The normalized spacial score (nSPS) is 19.3. The van der Waals surface area contributed by atoms with Crippen molar-refractivity contribution < 1.29 is 9.21 Å². The zero-order valence-electron chi connectivity index (χ0n) is 8.85. The Balaban J connectivity index is 1.88. The third-order valence-corrected chi connectivity index (χ3v) is 2.65. The molecular weight excluding hydrogens is 194 g/mol. The predicted molar refractivity (Wildman–Crippen MR) is 54.7 cm³/mol. The summed E-state index contributed by atoms with van der Waals surface area (Å²) in [5.74, 6) is 0.931. The molecule has 1 aliphatic rings. The van der Waals surface area contributed by atoms with Gasteiger partial charge in [-0.25, -0.2) is 4.98 Å². The van der Waals surface area contributed by atoms with E-state index in [-0.39, 0.29) is 5.89 Å². The molecule has 5 nitrogen and oxygen atoms in total. The molecule has 0 aromatic carbocycles. The Morgan fingerprint density at radius 1 is 1.47 bits per heavy atom. The van der Waals surface area contributed by atoms with Gasteiger partial charge in [-0.1, -0.05) is 0 Å². The molecule has 0 aliphatic carbocycles. The SMILES string of the molecule is CN1CCN(Cc2cnc(C=O)o2)CC1. The highest BCUT2D eigenvalue weighted by Gasteiger charge is 2.15. The van der Waals surface area contributed by atoms with Crippen LogP contribution < -0.4 is 0 Å². The van der Waals surface area contributed by atoms with Crippen molar-refractivity contribution in [2.75, 3.05) is 33.2 Å². The van der Waals surface area contributed by atoms with Crippen molar-refractivity contribution in [2.45, 2.75) is 6.54 Å². The highest BCUT2D eigenvalue weighted by Crippen LogP contribution is 2.08. The van der Waals surface area contributed by atoms with Crippen LogP contribution in [0.1, 0.15) is 16.4 Å². The highest BCUT2D eigenvalue weighted by atomic mass is 16.4. The van der Waals surface area contributed by atoms with Crippen molar-refractivity contribution in [3.8, 4) is 0 Å². The van der Waals surface area contributed by atoms with E-state index < -0.39 is 0 Å². The van der Waals surface area contributed by atoms with E-state index in [1.54, 1.807) is 6.20 Å². The Bertz CT molecular complexity index is 329. The van der Waals surface area contributed by atoms with Gasteiger partial charge in [-0.05, 0) is 7.05 Å². The zero-order chi connectivity index (χ0) is 10.7. The van der Waals surface area contributed by atoms with Gasteiger partial charge in [-0.3, -0.25) is 9.69 Å². The molecule has 2 rings (SSSR count). The van der Waals surface area contributed by atoms with E-state index in [9.17, 15) is 4.79 Å². The zero-order valence-corrected chi connectivity index (χ0v) is 8.85. The summed E-state index contributed by atoms with van der Waals surface area (Å²) in [4.78, 5) is 18.8. The standard InChI is InChI=1S/C10H15N3O2/c1-12-2-4-13(5-3-12)7-9-6-11-10(8-14)15-9/h6,8H,2-5,7H2,1H3. The molecule has 1 saturated heterocycles. The van der Waals surface area contributed by atoms with Crippen molar-refractivity contribution in [2.24, 2.45) is 0 Å². The Hall–Kier alpha value is -1.20. The minimum Gasteiger partial charge on any atom is -0.438 e. The molecule has 1 aromatic rings. The van der Waals surface area contributed by atoms with Gasteiger partial charge in [0.15, 0.2) is 0 Å². The molecule has 1 aromatic heterocycles. The summed E-state index contributed by atoms with van der Waals surface area (Å²) in [5, 5.41) is 0. The molecule has 82 valence electrons. The largest absolute Gasteiger partial charge is 0.438 e. The second-order valence-corrected chi connectivity index (χ2v) is 3.86. The van der Waals surface area contributed by atoms with Crippen molar-refractivity contribution in [1.29, 1.82) is 0 Å². The monoisotopic (exact) mass is 209 g/mol. The minimum absolute atomic E-state index is 0.166. The number of aromatic nitrogens is 1. The molecule has 2 heterocycles. The van der Waals surface area contributed by atoms with Crippen molar-refractivity contribution in [3.63, 3.8) is 0 Å². The number of carbonyl (C=O) groups excluding carboxylic acids is 1. The minimum atomic E-state index is 0.166. The number of likely N-dealkylation sites (N-methyl/N-ethyl adjacent to an activating group) is 1. The molecule has 5 heteroatoms. The first kappa shape index (κ1) is 10.3. The molecular formula is C10H15N3O2. The first-order valence-corrected chi connectivity index (χ1v) is 5.09. The summed E-state index contributed by atoms with van der Waals surface area (Å²) in [7, 11) is 2.12. The highest BCUT2D eigenvalue weighted by molar-refractivity contribution is 5.67. The number of piperazine rings is 1. The quantitative estimate of drug-likeness (QED) is 0.667. The number of hydrogen-bond acceptors (Lipinski definition) is 5. The van der Waals surface area contributed by atoms with Gasteiger partial charge in [-0.15, -0.1) is 0 Å². The third kappa shape index (κ3) is 2.64. The number of aldehydes is 1. The van der Waals surface area contributed by atoms with Gasteiger partial charge in [0.1, 0.15) is 5.76 Å². The lowest BCUT2D eigenvalue weighted by atomic mass is 10.3. The Labute approximate surface area is 88.7 Å². The van der Waals surface area contributed by atoms with E-state index in [4.69, 9.17) is 4.42 Å². The summed E-state index contributed by atoms with van der Waals surface area (Å²) in [6, 6.07) is 0. The van der Waals surface area contributed by atoms with Crippen LogP contribution >= 0.6 is 0 Å². The molecule has 0 bridgehead atoms. The molecule has 0 N–H and O–H groups in total. The van der Waals surface area contributed by atoms with Crippen LogP contribution in [0.15, 0.2) is 10.6 Å². The van der Waals surface area contributed by atoms with Crippen molar-refractivity contribution in [3.05, 3.63) is 17.8 Å². The maximum absolute atomic E-state index is 10.4. The van der Waals surface area contributed by atoms with Gasteiger partial charge < -0.3 is 9.32 Å². The number of carbonyl (C=O) groups is 1.